The van der Waals surface area contributed by atoms with Crippen LogP contribution < -0.4 is 15.2 Å². The highest BCUT2D eigenvalue weighted by Crippen LogP contribution is 2.25. The summed E-state index contributed by atoms with van der Waals surface area (Å²) in [5.41, 5.74) is 0.439. The Bertz CT molecular complexity index is 1250. The molecule has 32 heavy (non-hydrogen) atoms. The van der Waals surface area contributed by atoms with Crippen molar-refractivity contribution in [3.63, 3.8) is 0 Å². The van der Waals surface area contributed by atoms with Gasteiger partial charge in [0.25, 0.3) is 5.56 Å². The molecular weight excluding hydrogens is 456 g/mol. The van der Waals surface area contributed by atoms with Gasteiger partial charge in [0.2, 0.25) is 26.0 Å². The monoisotopic (exact) mass is 482 g/mol. The smallest absolute Gasteiger partial charge is 0.251 e. The van der Waals surface area contributed by atoms with Gasteiger partial charge in [-0.25, -0.2) is 16.8 Å². The topological polar surface area (TPSA) is 126 Å². The number of nitrogens with zero attached hydrogens (tertiary/aromatic N) is 3. The SMILES string of the molecule is CCN(CC)S(=O)(=O)c1ccc(=O)n(CC(=O)Nc2ccc(N3CCCS3(=O)=O)cc2)c1. The molecule has 1 aliphatic heterocycles. The minimum Gasteiger partial charge on any atom is -0.325 e. The average Bonchev–Trinajstić information content (AvgIpc) is 3.09. The van der Waals surface area contributed by atoms with Crippen LogP contribution in [0.1, 0.15) is 20.3 Å². The van der Waals surface area contributed by atoms with E-state index in [0.717, 1.165) is 16.8 Å². The maximum Gasteiger partial charge on any atom is 0.251 e. The van der Waals surface area contributed by atoms with E-state index in [9.17, 15) is 26.4 Å². The lowest BCUT2D eigenvalue weighted by Gasteiger charge is -2.19. The van der Waals surface area contributed by atoms with Crippen molar-refractivity contribution >= 4 is 37.3 Å². The zero-order chi connectivity index (χ0) is 23.5. The molecule has 12 heteroatoms. The van der Waals surface area contributed by atoms with Gasteiger partial charge < -0.3 is 9.88 Å². The highest BCUT2D eigenvalue weighted by molar-refractivity contribution is 7.93. The van der Waals surface area contributed by atoms with Crippen LogP contribution >= 0.6 is 0 Å². The van der Waals surface area contributed by atoms with Crippen LogP contribution in [0.4, 0.5) is 11.4 Å². The Kier molecular flexibility index (Phi) is 7.06. The molecule has 1 fully saturated rings. The van der Waals surface area contributed by atoms with Crippen LogP contribution in [-0.2, 0) is 31.4 Å². The molecule has 1 N–H and O–H groups in total. The second-order valence-corrected chi connectivity index (χ2v) is 11.2. The van der Waals surface area contributed by atoms with Gasteiger partial charge in [-0.3, -0.25) is 13.9 Å². The third-order valence-corrected chi connectivity index (χ3v) is 9.05. The molecule has 0 unspecified atom stereocenters. The zero-order valence-electron chi connectivity index (χ0n) is 17.9. The van der Waals surface area contributed by atoms with E-state index in [-0.39, 0.29) is 30.3 Å². The van der Waals surface area contributed by atoms with Crippen molar-refractivity contribution in [2.45, 2.75) is 31.7 Å². The highest BCUT2D eigenvalue weighted by Gasteiger charge is 2.28. The Morgan fingerprint density at radius 2 is 1.75 bits per heavy atom. The Hall–Kier alpha value is -2.70. The second kappa shape index (κ2) is 9.43. The normalized spacial score (nSPS) is 15.8. The molecule has 1 saturated heterocycles. The minimum atomic E-state index is -3.77. The number of rotatable bonds is 8. The fourth-order valence-corrected chi connectivity index (χ4v) is 6.54. The van der Waals surface area contributed by atoms with Gasteiger partial charge in [0.1, 0.15) is 6.54 Å². The molecule has 2 heterocycles. The summed E-state index contributed by atoms with van der Waals surface area (Å²) in [5, 5.41) is 2.63. The van der Waals surface area contributed by atoms with E-state index >= 15 is 0 Å². The van der Waals surface area contributed by atoms with E-state index in [1.165, 1.54) is 14.7 Å². The standard InChI is InChI=1S/C20H26N4O6S2/c1-3-23(4-2)32(29,30)18-10-11-20(26)22(14-18)15-19(25)21-16-6-8-17(9-7-16)24-12-5-13-31(24,27)28/h6-11,14H,3-5,12-13,15H2,1-2H3,(H,21,25). The summed E-state index contributed by atoms with van der Waals surface area (Å²) in [5.74, 6) is -0.408. The van der Waals surface area contributed by atoms with Gasteiger partial charge in [-0.2, -0.15) is 4.31 Å². The maximum atomic E-state index is 12.7. The summed E-state index contributed by atoms with van der Waals surface area (Å²) in [7, 11) is -7.06. The molecule has 1 amide bonds. The quantitative estimate of drug-likeness (QED) is 0.600. The molecule has 1 aliphatic rings. The molecule has 0 bridgehead atoms. The van der Waals surface area contributed by atoms with Gasteiger partial charge in [0, 0.05) is 37.6 Å². The van der Waals surface area contributed by atoms with Crippen LogP contribution in [0.15, 0.2) is 52.3 Å². The van der Waals surface area contributed by atoms with Crippen molar-refractivity contribution in [2.75, 3.05) is 35.0 Å². The van der Waals surface area contributed by atoms with Crippen LogP contribution in [0, 0.1) is 0 Å². The van der Waals surface area contributed by atoms with Gasteiger partial charge in [0.05, 0.1) is 16.3 Å². The minimum absolute atomic E-state index is 0.0650. The Morgan fingerprint density at radius 3 is 2.31 bits per heavy atom. The van der Waals surface area contributed by atoms with Gasteiger partial charge in [0.15, 0.2) is 0 Å². The molecule has 1 aromatic heterocycles. The fourth-order valence-electron chi connectivity index (χ4n) is 3.49. The first kappa shape index (κ1) is 24.0. The highest BCUT2D eigenvalue weighted by atomic mass is 32.2. The summed E-state index contributed by atoms with van der Waals surface area (Å²) in [6, 6.07) is 8.70. The number of aromatic nitrogens is 1. The van der Waals surface area contributed by atoms with E-state index in [1.54, 1.807) is 38.1 Å². The number of anilines is 2. The van der Waals surface area contributed by atoms with Crippen LogP contribution in [0.3, 0.4) is 0 Å². The number of benzene rings is 1. The number of sulfonamides is 2. The van der Waals surface area contributed by atoms with Gasteiger partial charge in [-0.05, 0) is 36.8 Å². The van der Waals surface area contributed by atoms with Crippen molar-refractivity contribution in [2.24, 2.45) is 0 Å². The van der Waals surface area contributed by atoms with E-state index in [4.69, 9.17) is 0 Å². The first-order chi connectivity index (χ1) is 15.1. The van der Waals surface area contributed by atoms with Gasteiger partial charge >= 0.3 is 0 Å². The molecule has 2 aromatic rings. The van der Waals surface area contributed by atoms with Crippen LogP contribution in [-0.4, -0.2) is 57.0 Å². The van der Waals surface area contributed by atoms with Crippen molar-refractivity contribution in [1.82, 2.24) is 8.87 Å². The van der Waals surface area contributed by atoms with E-state index in [2.05, 4.69) is 5.32 Å². The number of carbonyl (C=O) groups is 1. The molecule has 0 saturated carbocycles. The molecule has 0 spiro atoms. The lowest BCUT2D eigenvalue weighted by molar-refractivity contribution is -0.116. The first-order valence-electron chi connectivity index (χ1n) is 10.2. The second-order valence-electron chi connectivity index (χ2n) is 7.26. The third-order valence-electron chi connectivity index (χ3n) is 5.15. The van der Waals surface area contributed by atoms with Crippen LogP contribution in [0.25, 0.3) is 0 Å². The average molecular weight is 483 g/mol. The van der Waals surface area contributed by atoms with Crippen molar-refractivity contribution in [3.8, 4) is 0 Å². The number of pyridine rings is 1. The van der Waals surface area contributed by atoms with E-state index in [0.29, 0.717) is 24.3 Å². The van der Waals surface area contributed by atoms with Crippen molar-refractivity contribution in [1.29, 1.82) is 0 Å². The Labute approximate surface area is 187 Å². The van der Waals surface area contributed by atoms with E-state index < -0.39 is 31.5 Å². The number of nitrogens with one attached hydrogen (secondary N) is 1. The molecule has 0 aliphatic carbocycles. The molecule has 1 aromatic carbocycles. The Balaban J connectivity index is 1.73. The number of hydrogen-bond donors (Lipinski definition) is 1. The first-order valence-corrected chi connectivity index (χ1v) is 13.2. The molecule has 174 valence electrons. The number of amides is 1. The van der Waals surface area contributed by atoms with E-state index in [1.807, 2.05) is 0 Å². The van der Waals surface area contributed by atoms with Gasteiger partial charge in [-0.15, -0.1) is 0 Å². The summed E-state index contributed by atoms with van der Waals surface area (Å²) < 4.78 is 53.0. The van der Waals surface area contributed by atoms with Crippen LogP contribution in [0.2, 0.25) is 0 Å². The lowest BCUT2D eigenvalue weighted by Crippen LogP contribution is -2.33. The molecule has 3 rings (SSSR count). The summed E-state index contributed by atoms with van der Waals surface area (Å²) in [6.07, 6.45) is 1.73. The zero-order valence-corrected chi connectivity index (χ0v) is 19.5. The maximum absolute atomic E-state index is 12.7. The summed E-state index contributed by atoms with van der Waals surface area (Å²) in [6.45, 7) is 4.05. The summed E-state index contributed by atoms with van der Waals surface area (Å²) in [4.78, 5) is 24.5. The van der Waals surface area contributed by atoms with Gasteiger partial charge in [-0.1, -0.05) is 13.8 Å². The number of carbonyl (C=O) groups excluding carboxylic acids is 1. The predicted octanol–water partition coefficient (Wildman–Crippen LogP) is 1.06. The Morgan fingerprint density at radius 1 is 1.09 bits per heavy atom. The lowest BCUT2D eigenvalue weighted by atomic mass is 10.2. The molecule has 0 radical (unpaired) electrons. The predicted molar refractivity (Wildman–Crippen MR) is 122 cm³/mol. The fraction of sp³-hybridized carbons (Fsp3) is 0.400. The van der Waals surface area contributed by atoms with Crippen molar-refractivity contribution < 1.29 is 21.6 Å². The molecule has 10 nitrogen and oxygen atoms in total. The van der Waals surface area contributed by atoms with Crippen molar-refractivity contribution in [3.05, 3.63) is 52.9 Å². The molecular formula is C20H26N4O6S2. The van der Waals surface area contributed by atoms with Crippen LogP contribution in [0.5, 0.6) is 0 Å². The molecule has 0 atom stereocenters. The third kappa shape index (κ3) is 5.03. The largest absolute Gasteiger partial charge is 0.325 e. The number of hydrogen-bond acceptors (Lipinski definition) is 6. The summed E-state index contributed by atoms with van der Waals surface area (Å²) >= 11 is 0.